The molecule has 0 aliphatic heterocycles. The predicted octanol–water partition coefficient (Wildman–Crippen LogP) is 4.62. The summed E-state index contributed by atoms with van der Waals surface area (Å²) in [5, 5.41) is 3.25. The normalized spacial score (nSPS) is 14.9. The zero-order valence-electron chi connectivity index (χ0n) is 11.6. The second kappa shape index (κ2) is 6.80. The molecular weight excluding hydrogens is 333 g/mol. The number of hydrogen-bond donors (Lipinski definition) is 2. The van der Waals surface area contributed by atoms with Crippen molar-refractivity contribution in [3.8, 4) is 0 Å². The molecule has 0 fully saturated rings. The van der Waals surface area contributed by atoms with E-state index in [9.17, 15) is 13.2 Å². The van der Waals surface area contributed by atoms with Crippen molar-refractivity contribution in [1.82, 2.24) is 0 Å². The Morgan fingerprint density at radius 1 is 1.20 bits per heavy atom. The fraction of sp³-hybridized carbons (Fsp3) is 0.571. The van der Waals surface area contributed by atoms with Gasteiger partial charge >= 0.3 is 6.18 Å². The Bertz CT molecular complexity index is 428. The average Bonchev–Trinajstić information content (AvgIpc) is 2.25. The van der Waals surface area contributed by atoms with Crippen molar-refractivity contribution in [2.75, 3.05) is 11.9 Å². The number of alkyl halides is 3. The van der Waals surface area contributed by atoms with Gasteiger partial charge in [0.15, 0.2) is 0 Å². The van der Waals surface area contributed by atoms with Crippen LogP contribution in [0.5, 0.6) is 0 Å². The van der Waals surface area contributed by atoms with Crippen molar-refractivity contribution in [2.24, 2.45) is 5.73 Å². The molecule has 0 aliphatic rings. The Kier molecular flexibility index (Phi) is 5.89. The van der Waals surface area contributed by atoms with Gasteiger partial charge < -0.3 is 11.1 Å². The van der Waals surface area contributed by atoms with Crippen LogP contribution in [0.15, 0.2) is 22.7 Å². The van der Waals surface area contributed by atoms with Gasteiger partial charge in [0, 0.05) is 28.7 Å². The van der Waals surface area contributed by atoms with Gasteiger partial charge in [0.25, 0.3) is 0 Å². The SMILES string of the molecule is Cc1cc(Br)cc(NC(C)(CN)CCCC(F)(F)F)c1. The largest absolute Gasteiger partial charge is 0.389 e. The summed E-state index contributed by atoms with van der Waals surface area (Å²) in [6.07, 6.45) is -4.45. The van der Waals surface area contributed by atoms with Crippen molar-refractivity contribution in [1.29, 1.82) is 0 Å². The number of halogens is 4. The van der Waals surface area contributed by atoms with Gasteiger partial charge in [-0.3, -0.25) is 0 Å². The van der Waals surface area contributed by atoms with Gasteiger partial charge in [0.1, 0.15) is 0 Å². The summed E-state index contributed by atoms with van der Waals surface area (Å²) in [6.45, 7) is 4.08. The molecule has 0 radical (unpaired) electrons. The van der Waals surface area contributed by atoms with Gasteiger partial charge in [0.2, 0.25) is 0 Å². The van der Waals surface area contributed by atoms with E-state index in [4.69, 9.17) is 5.73 Å². The third-order valence-electron chi connectivity index (χ3n) is 3.13. The number of rotatable bonds is 6. The molecule has 6 heteroatoms. The van der Waals surface area contributed by atoms with E-state index in [2.05, 4.69) is 21.2 Å². The molecular formula is C14H20BrF3N2. The minimum atomic E-state index is -4.11. The number of hydrogen-bond acceptors (Lipinski definition) is 2. The van der Waals surface area contributed by atoms with E-state index in [0.717, 1.165) is 15.7 Å². The number of aryl methyl sites for hydroxylation is 1. The smallest absolute Gasteiger partial charge is 0.379 e. The van der Waals surface area contributed by atoms with E-state index in [-0.39, 0.29) is 13.0 Å². The summed E-state index contributed by atoms with van der Waals surface area (Å²) in [4.78, 5) is 0. The van der Waals surface area contributed by atoms with Gasteiger partial charge in [-0.15, -0.1) is 0 Å². The lowest BCUT2D eigenvalue weighted by molar-refractivity contribution is -0.136. The molecule has 20 heavy (non-hydrogen) atoms. The van der Waals surface area contributed by atoms with E-state index in [1.807, 2.05) is 32.0 Å². The highest BCUT2D eigenvalue weighted by molar-refractivity contribution is 9.10. The zero-order chi connectivity index (χ0) is 15.4. The fourth-order valence-corrected chi connectivity index (χ4v) is 2.66. The lowest BCUT2D eigenvalue weighted by Gasteiger charge is -2.31. The zero-order valence-corrected chi connectivity index (χ0v) is 13.2. The quantitative estimate of drug-likeness (QED) is 0.783. The highest BCUT2D eigenvalue weighted by Crippen LogP contribution is 2.27. The summed E-state index contributed by atoms with van der Waals surface area (Å²) in [5.74, 6) is 0. The Morgan fingerprint density at radius 2 is 1.85 bits per heavy atom. The van der Waals surface area contributed by atoms with Crippen LogP contribution in [-0.4, -0.2) is 18.3 Å². The first-order valence-electron chi connectivity index (χ1n) is 6.46. The molecule has 0 spiro atoms. The first kappa shape index (κ1) is 17.3. The Labute approximate surface area is 126 Å². The molecule has 0 heterocycles. The van der Waals surface area contributed by atoms with Crippen LogP contribution in [0.4, 0.5) is 18.9 Å². The maximum absolute atomic E-state index is 12.2. The Morgan fingerprint density at radius 3 is 2.35 bits per heavy atom. The summed E-state index contributed by atoms with van der Waals surface area (Å²) in [5.41, 5.74) is 7.11. The first-order valence-corrected chi connectivity index (χ1v) is 7.25. The standard InChI is InChI=1S/C14H20BrF3N2/c1-10-6-11(15)8-12(7-10)20-13(2,9-19)4-3-5-14(16,17)18/h6-8,20H,3-5,9,19H2,1-2H3. The van der Waals surface area contributed by atoms with Gasteiger partial charge in [-0.1, -0.05) is 15.9 Å². The van der Waals surface area contributed by atoms with E-state index >= 15 is 0 Å². The van der Waals surface area contributed by atoms with Crippen LogP contribution in [0.3, 0.4) is 0 Å². The van der Waals surface area contributed by atoms with Crippen LogP contribution < -0.4 is 11.1 Å². The molecule has 2 nitrogen and oxygen atoms in total. The monoisotopic (exact) mass is 352 g/mol. The topological polar surface area (TPSA) is 38.0 Å². The van der Waals surface area contributed by atoms with Crippen molar-refractivity contribution < 1.29 is 13.2 Å². The summed E-state index contributed by atoms with van der Waals surface area (Å²) >= 11 is 3.40. The molecule has 0 aliphatic carbocycles. The van der Waals surface area contributed by atoms with Crippen LogP contribution in [0.25, 0.3) is 0 Å². The van der Waals surface area contributed by atoms with Crippen LogP contribution in [0, 0.1) is 6.92 Å². The molecule has 1 atom stereocenters. The molecule has 0 saturated heterocycles. The van der Waals surface area contributed by atoms with Crippen LogP contribution >= 0.6 is 15.9 Å². The highest BCUT2D eigenvalue weighted by Gasteiger charge is 2.29. The molecule has 3 N–H and O–H groups in total. The third-order valence-corrected chi connectivity index (χ3v) is 3.59. The molecule has 1 unspecified atom stereocenters. The minimum Gasteiger partial charge on any atom is -0.379 e. The Balaban J connectivity index is 2.68. The Hall–Kier alpha value is -0.750. The lowest BCUT2D eigenvalue weighted by atomic mass is 9.94. The summed E-state index contributed by atoms with van der Waals surface area (Å²) < 4.78 is 37.6. The number of benzene rings is 1. The van der Waals surface area contributed by atoms with Crippen molar-refractivity contribution in [3.63, 3.8) is 0 Å². The van der Waals surface area contributed by atoms with E-state index in [1.54, 1.807) is 0 Å². The third kappa shape index (κ3) is 6.13. The molecule has 0 aromatic heterocycles. The van der Waals surface area contributed by atoms with Gasteiger partial charge in [-0.2, -0.15) is 13.2 Å². The molecule has 0 amide bonds. The molecule has 114 valence electrons. The van der Waals surface area contributed by atoms with Crippen LogP contribution in [0.2, 0.25) is 0 Å². The molecule has 0 bridgehead atoms. The highest BCUT2D eigenvalue weighted by atomic mass is 79.9. The van der Waals surface area contributed by atoms with Crippen LogP contribution in [0.1, 0.15) is 31.7 Å². The second-order valence-corrected chi connectivity index (χ2v) is 6.29. The first-order chi connectivity index (χ1) is 9.13. The molecule has 1 rings (SSSR count). The van der Waals surface area contributed by atoms with E-state index in [1.165, 1.54) is 0 Å². The average molecular weight is 353 g/mol. The van der Waals surface area contributed by atoms with Crippen molar-refractivity contribution in [3.05, 3.63) is 28.2 Å². The van der Waals surface area contributed by atoms with Crippen molar-refractivity contribution >= 4 is 21.6 Å². The number of nitrogens with two attached hydrogens (primary N) is 1. The molecule has 1 aromatic carbocycles. The second-order valence-electron chi connectivity index (χ2n) is 5.38. The lowest BCUT2D eigenvalue weighted by Crippen LogP contribution is -2.42. The van der Waals surface area contributed by atoms with Crippen LogP contribution in [-0.2, 0) is 0 Å². The van der Waals surface area contributed by atoms with E-state index < -0.39 is 18.1 Å². The number of nitrogens with one attached hydrogen (secondary N) is 1. The number of anilines is 1. The fourth-order valence-electron chi connectivity index (χ4n) is 2.05. The maximum atomic E-state index is 12.2. The maximum Gasteiger partial charge on any atom is 0.389 e. The summed E-state index contributed by atoms with van der Waals surface area (Å²) in [7, 11) is 0. The van der Waals surface area contributed by atoms with Crippen molar-refractivity contribution in [2.45, 2.75) is 44.8 Å². The van der Waals surface area contributed by atoms with E-state index in [0.29, 0.717) is 6.42 Å². The summed E-state index contributed by atoms with van der Waals surface area (Å²) in [6, 6.07) is 5.81. The minimum absolute atomic E-state index is 0.0667. The molecule has 0 saturated carbocycles. The predicted molar refractivity (Wildman–Crippen MR) is 79.9 cm³/mol. The van der Waals surface area contributed by atoms with Gasteiger partial charge in [-0.25, -0.2) is 0 Å². The molecule has 1 aromatic rings. The van der Waals surface area contributed by atoms with Gasteiger partial charge in [-0.05, 0) is 50.5 Å². The van der Waals surface area contributed by atoms with Gasteiger partial charge in [0.05, 0.1) is 0 Å².